The van der Waals surface area contributed by atoms with Gasteiger partial charge in [-0.15, -0.1) is 0 Å². The first kappa shape index (κ1) is 18.4. The predicted molar refractivity (Wildman–Crippen MR) is 83.3 cm³/mol. The van der Waals surface area contributed by atoms with Gasteiger partial charge < -0.3 is 4.90 Å². The van der Waals surface area contributed by atoms with Crippen molar-refractivity contribution in [3.05, 3.63) is 65.0 Å². The summed E-state index contributed by atoms with van der Waals surface area (Å²) in [4.78, 5) is 0.325. The molecule has 130 valence electrons. The van der Waals surface area contributed by atoms with Crippen molar-refractivity contribution in [2.45, 2.75) is 18.0 Å². The van der Waals surface area contributed by atoms with E-state index in [-0.39, 0.29) is 6.54 Å². The molecule has 0 atom stereocenters. The molecule has 2 N–H and O–H groups in total. The monoisotopic (exact) mass is 359 g/mol. The van der Waals surface area contributed by atoms with E-state index in [1.165, 1.54) is 4.90 Å². The molecule has 8 heteroatoms. The van der Waals surface area contributed by atoms with E-state index in [0.717, 1.165) is 12.1 Å². The molecule has 0 aliphatic carbocycles. The number of halogens is 3. The number of hydrogen-bond donors (Lipinski definition) is 2. The molecule has 2 rings (SSSR count). The van der Waals surface area contributed by atoms with Crippen LogP contribution in [0.5, 0.6) is 0 Å². The van der Waals surface area contributed by atoms with Crippen molar-refractivity contribution in [1.29, 1.82) is 0 Å². The lowest BCUT2D eigenvalue weighted by molar-refractivity contribution is -0.872. The van der Waals surface area contributed by atoms with Crippen LogP contribution in [0.15, 0.2) is 41.3 Å². The Hall–Kier alpha value is -1.90. The first-order valence-electron chi connectivity index (χ1n) is 7.20. The van der Waals surface area contributed by atoms with Crippen molar-refractivity contribution >= 4 is 10.0 Å². The van der Waals surface area contributed by atoms with Crippen molar-refractivity contribution in [2.75, 3.05) is 14.1 Å². The summed E-state index contributed by atoms with van der Waals surface area (Å²) in [6, 6.07) is 8.51. The van der Waals surface area contributed by atoms with E-state index in [4.69, 9.17) is 0 Å². The van der Waals surface area contributed by atoms with Crippen LogP contribution in [0.1, 0.15) is 11.1 Å². The number of quaternary nitrogens is 1. The van der Waals surface area contributed by atoms with Crippen LogP contribution in [-0.4, -0.2) is 22.5 Å². The third kappa shape index (κ3) is 4.34. The highest BCUT2D eigenvalue weighted by atomic mass is 32.2. The highest BCUT2D eigenvalue weighted by Crippen LogP contribution is 2.19. The zero-order chi connectivity index (χ0) is 17.9. The average molecular weight is 359 g/mol. The topological polar surface area (TPSA) is 50.6 Å². The van der Waals surface area contributed by atoms with Gasteiger partial charge in [0.25, 0.3) is 0 Å². The van der Waals surface area contributed by atoms with E-state index < -0.39 is 32.4 Å². The third-order valence-corrected chi connectivity index (χ3v) is 4.75. The maximum Gasteiger partial charge on any atom is 0.243 e. The Labute approximate surface area is 139 Å². The van der Waals surface area contributed by atoms with E-state index in [0.29, 0.717) is 17.7 Å². The minimum absolute atomic E-state index is 0.0874. The summed E-state index contributed by atoms with van der Waals surface area (Å²) < 4.78 is 66.0. The fourth-order valence-electron chi connectivity index (χ4n) is 2.16. The molecule has 0 aliphatic heterocycles. The fourth-order valence-corrected chi connectivity index (χ4v) is 3.24. The van der Waals surface area contributed by atoms with Gasteiger partial charge in [-0.2, -0.15) is 0 Å². The first-order valence-corrected chi connectivity index (χ1v) is 8.69. The Kier molecular flexibility index (Phi) is 5.63. The van der Waals surface area contributed by atoms with Gasteiger partial charge in [-0.3, -0.25) is 0 Å². The molecule has 0 fully saturated rings. The van der Waals surface area contributed by atoms with Gasteiger partial charge in [0.05, 0.1) is 14.1 Å². The lowest BCUT2D eigenvalue weighted by atomic mass is 10.1. The minimum Gasteiger partial charge on any atom is -0.336 e. The molecule has 0 aliphatic rings. The van der Waals surface area contributed by atoms with Crippen molar-refractivity contribution in [1.82, 2.24) is 4.72 Å². The fraction of sp³-hybridized carbons (Fsp3) is 0.250. The van der Waals surface area contributed by atoms with Crippen LogP contribution >= 0.6 is 0 Å². The average Bonchev–Trinajstić information content (AvgIpc) is 2.51. The smallest absolute Gasteiger partial charge is 0.243 e. The molecule has 4 nitrogen and oxygen atoms in total. The van der Waals surface area contributed by atoms with Crippen LogP contribution in [0.4, 0.5) is 13.2 Å². The molecule has 0 amide bonds. The Morgan fingerprint density at radius 1 is 0.917 bits per heavy atom. The Morgan fingerprint density at radius 3 is 2.08 bits per heavy atom. The van der Waals surface area contributed by atoms with Crippen LogP contribution in [-0.2, 0) is 23.1 Å². The maximum atomic E-state index is 13.6. The van der Waals surface area contributed by atoms with Crippen LogP contribution < -0.4 is 9.62 Å². The Morgan fingerprint density at radius 2 is 1.50 bits per heavy atom. The number of benzene rings is 2. The third-order valence-electron chi connectivity index (χ3n) is 3.34. The van der Waals surface area contributed by atoms with E-state index in [1.807, 2.05) is 26.2 Å². The largest absolute Gasteiger partial charge is 0.336 e. The second-order valence-electron chi connectivity index (χ2n) is 5.70. The Bertz CT molecular complexity index is 822. The minimum atomic E-state index is -4.29. The van der Waals surface area contributed by atoms with E-state index in [1.54, 1.807) is 12.1 Å². The SMILES string of the molecule is C[NH+](C)Cc1ccc(CNS(=O)(=O)c2ccc(F)c(F)c2F)cc1. The summed E-state index contributed by atoms with van der Waals surface area (Å²) >= 11 is 0. The van der Waals surface area contributed by atoms with Crippen LogP contribution in [0.2, 0.25) is 0 Å². The standard InChI is InChI=1S/C16H17F3N2O2S/c1-21(2)10-12-5-3-11(4-6-12)9-20-24(22,23)14-8-7-13(17)15(18)16(14)19/h3-8,20H,9-10H2,1-2H3/p+1. The molecule has 24 heavy (non-hydrogen) atoms. The van der Waals surface area contributed by atoms with Crippen LogP contribution in [0.3, 0.4) is 0 Å². The normalized spacial score (nSPS) is 11.9. The first-order chi connectivity index (χ1) is 11.2. The van der Waals surface area contributed by atoms with E-state index in [2.05, 4.69) is 4.72 Å². The van der Waals surface area contributed by atoms with E-state index >= 15 is 0 Å². The lowest BCUT2D eigenvalue weighted by Crippen LogP contribution is -3.04. The zero-order valence-corrected chi connectivity index (χ0v) is 14.1. The van der Waals surface area contributed by atoms with Crippen molar-refractivity contribution in [3.8, 4) is 0 Å². The molecule has 0 saturated carbocycles. The molecular formula is C16H18F3N2O2S+. The van der Waals surface area contributed by atoms with Gasteiger partial charge in [-0.1, -0.05) is 24.3 Å². The van der Waals surface area contributed by atoms with E-state index in [9.17, 15) is 21.6 Å². The van der Waals surface area contributed by atoms with Crippen molar-refractivity contribution < 1.29 is 26.5 Å². The molecule has 0 aromatic heterocycles. The van der Waals surface area contributed by atoms with Gasteiger partial charge >= 0.3 is 0 Å². The van der Waals surface area contributed by atoms with Crippen molar-refractivity contribution in [3.63, 3.8) is 0 Å². The molecule has 2 aromatic carbocycles. The van der Waals surface area contributed by atoms with Gasteiger partial charge in [0.2, 0.25) is 10.0 Å². The molecular weight excluding hydrogens is 341 g/mol. The summed E-state index contributed by atoms with van der Waals surface area (Å²) in [7, 11) is -0.269. The molecule has 2 aromatic rings. The summed E-state index contributed by atoms with van der Waals surface area (Å²) in [6.45, 7) is 0.738. The molecule has 0 spiro atoms. The summed E-state index contributed by atoms with van der Waals surface area (Å²) in [5, 5.41) is 0. The highest BCUT2D eigenvalue weighted by molar-refractivity contribution is 7.89. The van der Waals surface area contributed by atoms with Gasteiger partial charge in [-0.05, 0) is 17.7 Å². The number of hydrogen-bond acceptors (Lipinski definition) is 2. The van der Waals surface area contributed by atoms with Gasteiger partial charge in [0.1, 0.15) is 11.4 Å². The Balaban J connectivity index is 2.12. The quantitative estimate of drug-likeness (QED) is 0.763. The molecule has 0 heterocycles. The number of rotatable bonds is 6. The molecule has 0 radical (unpaired) electrons. The predicted octanol–water partition coefficient (Wildman–Crippen LogP) is 1.23. The van der Waals surface area contributed by atoms with Crippen LogP contribution in [0.25, 0.3) is 0 Å². The molecule has 0 unspecified atom stereocenters. The second-order valence-corrected chi connectivity index (χ2v) is 7.43. The maximum absolute atomic E-state index is 13.6. The molecule has 0 bridgehead atoms. The second kappa shape index (κ2) is 7.33. The zero-order valence-electron chi connectivity index (χ0n) is 13.2. The van der Waals surface area contributed by atoms with Crippen LogP contribution in [0, 0.1) is 17.5 Å². The highest BCUT2D eigenvalue weighted by Gasteiger charge is 2.23. The van der Waals surface area contributed by atoms with Crippen molar-refractivity contribution in [2.24, 2.45) is 0 Å². The summed E-state index contributed by atoms with van der Waals surface area (Å²) in [5.74, 6) is -4.98. The number of sulfonamides is 1. The van der Waals surface area contributed by atoms with Gasteiger partial charge in [0.15, 0.2) is 17.5 Å². The summed E-state index contributed by atoms with van der Waals surface area (Å²) in [6.07, 6.45) is 0. The lowest BCUT2D eigenvalue weighted by Gasteiger charge is -2.10. The summed E-state index contributed by atoms with van der Waals surface area (Å²) in [5.41, 5.74) is 1.76. The van der Waals surface area contributed by atoms with Gasteiger partial charge in [-0.25, -0.2) is 26.3 Å². The van der Waals surface area contributed by atoms with Gasteiger partial charge in [0, 0.05) is 12.1 Å². The number of nitrogens with one attached hydrogen (secondary N) is 2. The molecule has 0 saturated heterocycles.